The third-order valence-electron chi connectivity index (χ3n) is 4.87. The number of benzene rings is 2. The standard InChI is InChI=1S/C28H37N5O4/c1-27(2,3)36-25(34)32-23-13-9-7-11-21(23)29-17-19-15-16-20(31-19)18-30-22-12-8-10-14-24(22)33-26(35)37-28(4,5)6/h7-16,29-31H,17-18H2,1-6H3,(H,32,34)(H,33,35). The van der Waals surface area contributed by atoms with E-state index in [0.29, 0.717) is 24.5 Å². The zero-order valence-electron chi connectivity index (χ0n) is 22.3. The summed E-state index contributed by atoms with van der Waals surface area (Å²) < 4.78 is 10.7. The molecule has 1 heterocycles. The first-order chi connectivity index (χ1) is 17.4. The number of aromatic nitrogens is 1. The highest BCUT2D eigenvalue weighted by Gasteiger charge is 2.18. The third kappa shape index (κ3) is 9.44. The smallest absolute Gasteiger partial charge is 0.412 e. The van der Waals surface area contributed by atoms with Gasteiger partial charge in [0.2, 0.25) is 0 Å². The number of hydrogen-bond acceptors (Lipinski definition) is 6. The van der Waals surface area contributed by atoms with Crippen LogP contribution in [0.15, 0.2) is 60.7 Å². The molecule has 0 atom stereocenters. The van der Waals surface area contributed by atoms with Gasteiger partial charge in [0.15, 0.2) is 0 Å². The van der Waals surface area contributed by atoms with Crippen molar-refractivity contribution < 1.29 is 19.1 Å². The maximum Gasteiger partial charge on any atom is 0.412 e. The van der Waals surface area contributed by atoms with Gasteiger partial charge >= 0.3 is 12.2 Å². The lowest BCUT2D eigenvalue weighted by Gasteiger charge is -2.20. The minimum absolute atomic E-state index is 0.503. The van der Waals surface area contributed by atoms with Crippen molar-refractivity contribution in [2.75, 3.05) is 21.3 Å². The first kappa shape index (κ1) is 27.4. The summed E-state index contributed by atoms with van der Waals surface area (Å²) in [6, 6.07) is 18.9. The van der Waals surface area contributed by atoms with Gasteiger partial charge in [0.05, 0.1) is 35.8 Å². The molecule has 0 saturated carbocycles. The van der Waals surface area contributed by atoms with Crippen LogP contribution in [0.5, 0.6) is 0 Å². The molecule has 0 aliphatic rings. The zero-order chi connectivity index (χ0) is 27.1. The van der Waals surface area contributed by atoms with Crippen LogP contribution in [0.4, 0.5) is 32.3 Å². The summed E-state index contributed by atoms with van der Waals surface area (Å²) >= 11 is 0. The summed E-state index contributed by atoms with van der Waals surface area (Å²) in [4.78, 5) is 27.8. The molecular weight excluding hydrogens is 470 g/mol. The zero-order valence-corrected chi connectivity index (χ0v) is 22.3. The monoisotopic (exact) mass is 507 g/mol. The third-order valence-corrected chi connectivity index (χ3v) is 4.87. The second kappa shape index (κ2) is 11.7. The van der Waals surface area contributed by atoms with Gasteiger partial charge in [-0.25, -0.2) is 9.59 Å². The molecule has 37 heavy (non-hydrogen) atoms. The number of hydrogen-bond donors (Lipinski definition) is 5. The van der Waals surface area contributed by atoms with Gasteiger partial charge in [0, 0.05) is 11.4 Å². The molecule has 0 spiro atoms. The molecule has 2 amide bonds. The first-order valence-corrected chi connectivity index (χ1v) is 12.2. The van der Waals surface area contributed by atoms with Crippen molar-refractivity contribution in [2.24, 2.45) is 0 Å². The second-order valence-electron chi connectivity index (χ2n) is 10.6. The summed E-state index contributed by atoms with van der Waals surface area (Å²) in [5.74, 6) is 0. The molecule has 2 aromatic carbocycles. The quantitative estimate of drug-likeness (QED) is 0.226. The van der Waals surface area contributed by atoms with E-state index < -0.39 is 23.4 Å². The number of anilines is 4. The fourth-order valence-corrected chi connectivity index (χ4v) is 3.40. The van der Waals surface area contributed by atoms with Gasteiger partial charge in [-0.3, -0.25) is 10.6 Å². The Hall–Kier alpha value is -4.14. The van der Waals surface area contributed by atoms with Crippen LogP contribution in [0.3, 0.4) is 0 Å². The van der Waals surface area contributed by atoms with Crippen LogP contribution in [0, 0.1) is 0 Å². The van der Waals surface area contributed by atoms with Crippen molar-refractivity contribution in [1.29, 1.82) is 0 Å². The molecule has 3 aromatic rings. The largest absolute Gasteiger partial charge is 0.444 e. The van der Waals surface area contributed by atoms with E-state index in [2.05, 4.69) is 26.3 Å². The highest BCUT2D eigenvalue weighted by Crippen LogP contribution is 2.24. The lowest BCUT2D eigenvalue weighted by atomic mass is 10.2. The number of amides is 2. The summed E-state index contributed by atoms with van der Waals surface area (Å²) in [5.41, 5.74) is 3.64. The van der Waals surface area contributed by atoms with Gasteiger partial charge in [-0.1, -0.05) is 24.3 Å². The lowest BCUT2D eigenvalue weighted by molar-refractivity contribution is 0.0624. The molecular formula is C28H37N5O4. The molecule has 5 N–H and O–H groups in total. The Morgan fingerprint density at radius 1 is 0.622 bits per heavy atom. The number of carbonyl (C=O) groups is 2. The van der Waals surface area contributed by atoms with Crippen LogP contribution >= 0.6 is 0 Å². The first-order valence-electron chi connectivity index (χ1n) is 12.2. The van der Waals surface area contributed by atoms with Gasteiger partial charge in [-0.05, 0) is 77.9 Å². The number of rotatable bonds is 8. The highest BCUT2D eigenvalue weighted by atomic mass is 16.6. The van der Waals surface area contributed by atoms with Crippen molar-refractivity contribution in [3.63, 3.8) is 0 Å². The van der Waals surface area contributed by atoms with Crippen molar-refractivity contribution in [3.05, 3.63) is 72.1 Å². The minimum Gasteiger partial charge on any atom is -0.444 e. The SMILES string of the molecule is CC(C)(C)OC(=O)Nc1ccccc1NCc1ccc(CNc2ccccc2NC(=O)OC(C)(C)C)[nH]1. The molecule has 9 nitrogen and oxygen atoms in total. The van der Waals surface area contributed by atoms with Crippen molar-refractivity contribution in [1.82, 2.24) is 4.98 Å². The van der Waals surface area contributed by atoms with Crippen LogP contribution in [0.1, 0.15) is 52.9 Å². The lowest BCUT2D eigenvalue weighted by Crippen LogP contribution is -2.27. The van der Waals surface area contributed by atoms with Crippen LogP contribution in [-0.2, 0) is 22.6 Å². The molecule has 0 aliphatic heterocycles. The molecule has 198 valence electrons. The predicted molar refractivity (Wildman–Crippen MR) is 148 cm³/mol. The maximum atomic E-state index is 12.2. The molecule has 0 bridgehead atoms. The van der Waals surface area contributed by atoms with Gasteiger partial charge in [-0.15, -0.1) is 0 Å². The Bertz CT molecular complexity index is 1120. The number of carbonyl (C=O) groups excluding carboxylic acids is 2. The number of ether oxygens (including phenoxy) is 2. The predicted octanol–water partition coefficient (Wildman–Crippen LogP) is 6.93. The Labute approximate surface area is 218 Å². The van der Waals surface area contributed by atoms with Gasteiger partial charge in [0.25, 0.3) is 0 Å². The molecule has 9 heteroatoms. The molecule has 3 rings (SSSR count). The van der Waals surface area contributed by atoms with E-state index in [9.17, 15) is 9.59 Å². The molecule has 1 aromatic heterocycles. The van der Waals surface area contributed by atoms with E-state index in [1.54, 1.807) is 0 Å². The summed E-state index contributed by atoms with van der Waals surface area (Å²) in [6.45, 7) is 12.0. The topological polar surface area (TPSA) is 117 Å². The van der Waals surface area contributed by atoms with Crippen LogP contribution in [0.2, 0.25) is 0 Å². The van der Waals surface area contributed by atoms with Crippen LogP contribution < -0.4 is 21.3 Å². The molecule has 0 aliphatic carbocycles. The molecule has 0 unspecified atom stereocenters. The Morgan fingerprint density at radius 2 is 0.973 bits per heavy atom. The summed E-state index contributed by atoms with van der Waals surface area (Å²) in [7, 11) is 0. The van der Waals surface area contributed by atoms with Crippen molar-refractivity contribution in [2.45, 2.75) is 65.8 Å². The van der Waals surface area contributed by atoms with E-state index in [4.69, 9.17) is 9.47 Å². The van der Waals surface area contributed by atoms with Crippen LogP contribution in [0.25, 0.3) is 0 Å². The highest BCUT2D eigenvalue weighted by molar-refractivity contribution is 5.90. The number of H-pyrrole nitrogens is 1. The van der Waals surface area contributed by atoms with Gasteiger partial charge in [0.1, 0.15) is 11.2 Å². The number of para-hydroxylation sites is 4. The summed E-state index contributed by atoms with van der Waals surface area (Å²) in [5, 5.41) is 12.3. The normalized spacial score (nSPS) is 11.4. The maximum absolute atomic E-state index is 12.2. The Morgan fingerprint density at radius 3 is 1.32 bits per heavy atom. The van der Waals surface area contributed by atoms with E-state index in [1.807, 2.05) is 102 Å². The minimum atomic E-state index is -0.576. The molecule has 0 radical (unpaired) electrons. The summed E-state index contributed by atoms with van der Waals surface area (Å²) in [6.07, 6.45) is -1.01. The molecule has 0 fully saturated rings. The fourth-order valence-electron chi connectivity index (χ4n) is 3.40. The van der Waals surface area contributed by atoms with Crippen molar-refractivity contribution in [3.8, 4) is 0 Å². The fraction of sp³-hybridized carbons (Fsp3) is 0.357. The molecule has 0 saturated heterocycles. The second-order valence-corrected chi connectivity index (χ2v) is 10.6. The van der Waals surface area contributed by atoms with Gasteiger partial charge in [-0.2, -0.15) is 0 Å². The van der Waals surface area contributed by atoms with E-state index >= 15 is 0 Å². The van der Waals surface area contributed by atoms with E-state index in [1.165, 1.54) is 0 Å². The van der Waals surface area contributed by atoms with Crippen LogP contribution in [-0.4, -0.2) is 28.4 Å². The van der Waals surface area contributed by atoms with E-state index in [0.717, 1.165) is 22.8 Å². The Kier molecular flexibility index (Phi) is 8.70. The van der Waals surface area contributed by atoms with Gasteiger partial charge < -0.3 is 25.1 Å². The number of aromatic amines is 1. The van der Waals surface area contributed by atoms with Crippen molar-refractivity contribution >= 4 is 34.9 Å². The Balaban J connectivity index is 1.56. The van der Waals surface area contributed by atoms with E-state index in [-0.39, 0.29) is 0 Å². The average Bonchev–Trinajstić information content (AvgIpc) is 3.23. The average molecular weight is 508 g/mol. The number of nitrogens with one attached hydrogen (secondary N) is 5.